The van der Waals surface area contributed by atoms with Gasteiger partial charge in [0.1, 0.15) is 6.29 Å². The molecule has 1 aromatic carbocycles. The summed E-state index contributed by atoms with van der Waals surface area (Å²) in [4.78, 5) is 15.7. The van der Waals surface area contributed by atoms with Gasteiger partial charge in [0.15, 0.2) is 0 Å². The van der Waals surface area contributed by atoms with Crippen LogP contribution >= 0.6 is 15.9 Å². The van der Waals surface area contributed by atoms with E-state index in [0.29, 0.717) is 0 Å². The number of hydrogen-bond donors (Lipinski definition) is 0. The number of pyridine rings is 1. The summed E-state index contributed by atoms with van der Waals surface area (Å²) < 4.78 is 0.996. The summed E-state index contributed by atoms with van der Waals surface area (Å²) in [7, 11) is 0. The Morgan fingerprint density at radius 1 is 1.18 bits per heavy atom. The van der Waals surface area contributed by atoms with Gasteiger partial charge in [0, 0.05) is 10.7 Å². The zero-order valence-corrected chi connectivity index (χ0v) is 11.0. The monoisotopic (exact) mass is 289 g/mol. The summed E-state index contributed by atoms with van der Waals surface area (Å²) in [5, 5.41) is 0. The molecule has 1 heterocycles. The summed E-state index contributed by atoms with van der Waals surface area (Å²) in [5.74, 6) is 0. The van der Waals surface area contributed by atoms with Crippen LogP contribution in [0.5, 0.6) is 0 Å². The molecule has 17 heavy (non-hydrogen) atoms. The highest BCUT2D eigenvalue weighted by molar-refractivity contribution is 9.10. The van der Waals surface area contributed by atoms with Crippen LogP contribution in [-0.4, -0.2) is 11.3 Å². The van der Waals surface area contributed by atoms with E-state index < -0.39 is 5.41 Å². The molecule has 3 heteroatoms. The molecule has 0 spiro atoms. The van der Waals surface area contributed by atoms with Crippen molar-refractivity contribution in [3.8, 4) is 0 Å². The lowest BCUT2D eigenvalue weighted by molar-refractivity contribution is -0.111. The Morgan fingerprint density at radius 3 is 2.41 bits per heavy atom. The maximum absolute atomic E-state index is 11.5. The van der Waals surface area contributed by atoms with Gasteiger partial charge in [0.25, 0.3) is 0 Å². The van der Waals surface area contributed by atoms with E-state index in [4.69, 9.17) is 0 Å². The first-order chi connectivity index (χ1) is 8.16. The van der Waals surface area contributed by atoms with Crippen LogP contribution < -0.4 is 0 Å². The molecule has 0 aliphatic rings. The fourth-order valence-corrected chi connectivity index (χ4v) is 2.01. The Labute approximate surface area is 109 Å². The van der Waals surface area contributed by atoms with Gasteiger partial charge in [0.05, 0.1) is 11.1 Å². The Morgan fingerprint density at radius 2 is 1.88 bits per heavy atom. The third-order valence-electron chi connectivity index (χ3n) is 2.88. The number of carbonyl (C=O) groups excluding carboxylic acids is 1. The lowest BCUT2D eigenvalue weighted by Gasteiger charge is -2.23. The summed E-state index contributed by atoms with van der Waals surface area (Å²) in [6, 6.07) is 13.3. The maximum atomic E-state index is 11.5. The highest BCUT2D eigenvalue weighted by atomic mass is 79.9. The van der Waals surface area contributed by atoms with Gasteiger partial charge in [-0.2, -0.15) is 0 Å². The zero-order valence-electron chi connectivity index (χ0n) is 9.43. The molecule has 0 aliphatic carbocycles. The van der Waals surface area contributed by atoms with Gasteiger partial charge in [-0.05, 0) is 36.8 Å². The number of rotatable bonds is 3. The van der Waals surface area contributed by atoms with Crippen LogP contribution in [0, 0.1) is 0 Å². The summed E-state index contributed by atoms with van der Waals surface area (Å²) in [6.45, 7) is 1.88. The van der Waals surface area contributed by atoms with Crippen LogP contribution in [-0.2, 0) is 10.2 Å². The molecule has 0 bridgehead atoms. The average Bonchev–Trinajstić information content (AvgIpc) is 2.40. The molecular weight excluding hydrogens is 278 g/mol. The number of halogens is 1. The fourth-order valence-electron chi connectivity index (χ4n) is 1.74. The third-order valence-corrected chi connectivity index (χ3v) is 3.41. The number of hydrogen-bond acceptors (Lipinski definition) is 2. The standard InChI is InChI=1S/C14H12BrNO/c1-14(10-17,13-4-2-3-9-16-13)11-5-7-12(15)8-6-11/h2-10H,1H3. The first-order valence-electron chi connectivity index (χ1n) is 5.31. The second kappa shape index (κ2) is 4.80. The van der Waals surface area contributed by atoms with Crippen LogP contribution in [0.2, 0.25) is 0 Å². The van der Waals surface area contributed by atoms with Crippen LogP contribution in [0.25, 0.3) is 0 Å². The fraction of sp³-hybridized carbons (Fsp3) is 0.143. The Kier molecular flexibility index (Phi) is 3.38. The first-order valence-corrected chi connectivity index (χ1v) is 6.10. The van der Waals surface area contributed by atoms with E-state index in [1.54, 1.807) is 6.20 Å². The molecule has 0 aliphatic heterocycles. The third kappa shape index (κ3) is 2.29. The van der Waals surface area contributed by atoms with Gasteiger partial charge in [-0.3, -0.25) is 4.98 Å². The van der Waals surface area contributed by atoms with Gasteiger partial charge >= 0.3 is 0 Å². The predicted molar refractivity (Wildman–Crippen MR) is 70.9 cm³/mol. The van der Waals surface area contributed by atoms with Crippen LogP contribution in [0.1, 0.15) is 18.2 Å². The van der Waals surface area contributed by atoms with E-state index in [2.05, 4.69) is 20.9 Å². The summed E-state index contributed by atoms with van der Waals surface area (Å²) in [6.07, 6.45) is 2.65. The number of nitrogens with zero attached hydrogens (tertiary/aromatic N) is 1. The Balaban J connectivity index is 2.51. The Hall–Kier alpha value is -1.48. The van der Waals surface area contributed by atoms with Crippen LogP contribution in [0.4, 0.5) is 0 Å². The van der Waals surface area contributed by atoms with Crippen LogP contribution in [0.3, 0.4) is 0 Å². The second-order valence-electron chi connectivity index (χ2n) is 4.04. The topological polar surface area (TPSA) is 30.0 Å². The van der Waals surface area contributed by atoms with Crippen molar-refractivity contribution in [1.29, 1.82) is 0 Å². The maximum Gasteiger partial charge on any atom is 0.136 e. The second-order valence-corrected chi connectivity index (χ2v) is 4.96. The molecule has 2 aromatic rings. The minimum Gasteiger partial charge on any atom is -0.302 e. The van der Waals surface area contributed by atoms with E-state index in [1.807, 2.05) is 49.4 Å². The molecular formula is C14H12BrNO. The minimum atomic E-state index is -0.692. The highest BCUT2D eigenvalue weighted by Gasteiger charge is 2.29. The largest absolute Gasteiger partial charge is 0.302 e. The molecule has 0 saturated heterocycles. The molecule has 0 N–H and O–H groups in total. The number of carbonyl (C=O) groups is 1. The van der Waals surface area contributed by atoms with E-state index in [9.17, 15) is 4.79 Å². The van der Waals surface area contributed by atoms with Crippen molar-refractivity contribution in [2.75, 3.05) is 0 Å². The van der Waals surface area contributed by atoms with Gasteiger partial charge < -0.3 is 4.79 Å². The summed E-state index contributed by atoms with van der Waals surface area (Å²) >= 11 is 3.39. The van der Waals surface area contributed by atoms with E-state index in [1.165, 1.54) is 0 Å². The van der Waals surface area contributed by atoms with E-state index in [0.717, 1.165) is 22.0 Å². The van der Waals surface area contributed by atoms with Crippen molar-refractivity contribution in [2.24, 2.45) is 0 Å². The minimum absolute atomic E-state index is 0.692. The van der Waals surface area contributed by atoms with Crippen molar-refractivity contribution in [3.05, 3.63) is 64.4 Å². The molecule has 2 rings (SSSR count). The van der Waals surface area contributed by atoms with Crippen molar-refractivity contribution in [3.63, 3.8) is 0 Å². The molecule has 0 saturated carbocycles. The molecule has 2 nitrogen and oxygen atoms in total. The molecule has 0 amide bonds. The molecule has 1 unspecified atom stereocenters. The van der Waals surface area contributed by atoms with Crippen LogP contribution in [0.15, 0.2) is 53.1 Å². The van der Waals surface area contributed by atoms with Gasteiger partial charge in [0.2, 0.25) is 0 Å². The lowest BCUT2D eigenvalue weighted by Crippen LogP contribution is -2.26. The SMILES string of the molecule is CC(C=O)(c1ccc(Br)cc1)c1ccccn1. The van der Waals surface area contributed by atoms with Gasteiger partial charge in [-0.1, -0.05) is 34.1 Å². The number of aromatic nitrogens is 1. The van der Waals surface area contributed by atoms with Crippen molar-refractivity contribution < 1.29 is 4.79 Å². The molecule has 86 valence electrons. The lowest BCUT2D eigenvalue weighted by atomic mass is 9.80. The van der Waals surface area contributed by atoms with E-state index in [-0.39, 0.29) is 0 Å². The predicted octanol–water partition coefficient (Wildman–Crippen LogP) is 3.35. The first kappa shape index (κ1) is 12.0. The van der Waals surface area contributed by atoms with Crippen molar-refractivity contribution >= 4 is 22.2 Å². The normalized spacial score (nSPS) is 14.0. The van der Waals surface area contributed by atoms with E-state index >= 15 is 0 Å². The average molecular weight is 290 g/mol. The number of aldehydes is 1. The van der Waals surface area contributed by atoms with Gasteiger partial charge in [-0.15, -0.1) is 0 Å². The van der Waals surface area contributed by atoms with Crippen molar-refractivity contribution in [1.82, 2.24) is 4.98 Å². The molecule has 1 aromatic heterocycles. The smallest absolute Gasteiger partial charge is 0.136 e. The van der Waals surface area contributed by atoms with Gasteiger partial charge in [-0.25, -0.2) is 0 Å². The Bertz CT molecular complexity index is 510. The number of benzene rings is 1. The summed E-state index contributed by atoms with van der Waals surface area (Å²) in [5.41, 5.74) is 1.01. The zero-order chi connectivity index (χ0) is 12.3. The molecule has 0 radical (unpaired) electrons. The quantitative estimate of drug-likeness (QED) is 0.811. The molecule has 0 fully saturated rings. The van der Waals surface area contributed by atoms with Crippen molar-refractivity contribution in [2.45, 2.75) is 12.3 Å². The highest BCUT2D eigenvalue weighted by Crippen LogP contribution is 2.29. The molecule has 1 atom stereocenters.